The van der Waals surface area contributed by atoms with E-state index < -0.39 is 0 Å². The Labute approximate surface area is 93.0 Å². The Morgan fingerprint density at radius 1 is 1.40 bits per heavy atom. The first kappa shape index (κ1) is 11.4. The summed E-state index contributed by atoms with van der Waals surface area (Å²) >= 11 is 0. The van der Waals surface area contributed by atoms with Crippen LogP contribution in [-0.2, 0) is 4.74 Å². The average Bonchev–Trinajstić information content (AvgIpc) is 2.30. The molecule has 0 aromatic heterocycles. The lowest BCUT2D eigenvalue weighted by Gasteiger charge is -2.44. The van der Waals surface area contributed by atoms with Crippen LogP contribution in [0.4, 0.5) is 0 Å². The van der Waals surface area contributed by atoms with Crippen LogP contribution in [0.5, 0.6) is 0 Å². The molecule has 0 amide bonds. The van der Waals surface area contributed by atoms with E-state index in [9.17, 15) is 0 Å². The van der Waals surface area contributed by atoms with Crippen LogP contribution in [-0.4, -0.2) is 43.3 Å². The summed E-state index contributed by atoms with van der Waals surface area (Å²) in [4.78, 5) is 2.61. The summed E-state index contributed by atoms with van der Waals surface area (Å²) in [7, 11) is 0. The Balaban J connectivity index is 1.93. The lowest BCUT2D eigenvalue weighted by Crippen LogP contribution is -2.53. The van der Waals surface area contributed by atoms with Crippen LogP contribution in [0.1, 0.15) is 32.6 Å². The van der Waals surface area contributed by atoms with Gasteiger partial charge in [0.1, 0.15) is 0 Å². The Morgan fingerprint density at radius 3 is 2.93 bits per heavy atom. The zero-order valence-electron chi connectivity index (χ0n) is 9.82. The predicted octanol–water partition coefficient (Wildman–Crippen LogP) is 1.22. The Hall–Kier alpha value is -0.120. The summed E-state index contributed by atoms with van der Waals surface area (Å²) < 4.78 is 5.57. The molecule has 0 saturated carbocycles. The van der Waals surface area contributed by atoms with Gasteiger partial charge in [0, 0.05) is 25.2 Å². The highest BCUT2D eigenvalue weighted by Gasteiger charge is 2.31. The minimum Gasteiger partial charge on any atom is -0.380 e. The molecule has 3 unspecified atom stereocenters. The summed E-state index contributed by atoms with van der Waals surface area (Å²) in [6.45, 7) is 6.24. The van der Waals surface area contributed by atoms with Crippen molar-refractivity contribution in [2.75, 3.05) is 26.3 Å². The van der Waals surface area contributed by atoms with Gasteiger partial charge in [-0.05, 0) is 38.1 Å². The first-order valence-electron chi connectivity index (χ1n) is 6.35. The number of nitrogens with two attached hydrogens (primary N) is 1. The molecule has 2 N–H and O–H groups in total. The first-order chi connectivity index (χ1) is 7.31. The highest BCUT2D eigenvalue weighted by atomic mass is 16.5. The van der Waals surface area contributed by atoms with Gasteiger partial charge in [0.05, 0.1) is 6.61 Å². The Bertz CT molecular complexity index is 190. The molecule has 0 aromatic carbocycles. The van der Waals surface area contributed by atoms with E-state index in [1.165, 1.54) is 32.2 Å². The predicted molar refractivity (Wildman–Crippen MR) is 61.8 cm³/mol. The molecule has 2 aliphatic rings. The third-order valence-electron chi connectivity index (χ3n) is 3.90. The van der Waals surface area contributed by atoms with Crippen molar-refractivity contribution in [1.29, 1.82) is 0 Å². The molecule has 0 radical (unpaired) electrons. The van der Waals surface area contributed by atoms with E-state index in [1.54, 1.807) is 0 Å². The van der Waals surface area contributed by atoms with E-state index >= 15 is 0 Å². The topological polar surface area (TPSA) is 38.5 Å². The molecular formula is C12H24N2O. The van der Waals surface area contributed by atoms with Crippen LogP contribution in [0, 0.1) is 5.92 Å². The standard InChI is InChI=1S/C12H24N2O/c1-10-4-5-14(12(7-10)8-13)11-3-2-6-15-9-11/h10-12H,2-9,13H2,1H3. The highest BCUT2D eigenvalue weighted by Crippen LogP contribution is 2.26. The van der Waals surface area contributed by atoms with Gasteiger partial charge < -0.3 is 10.5 Å². The fraction of sp³-hybridized carbons (Fsp3) is 1.00. The molecule has 0 spiro atoms. The van der Waals surface area contributed by atoms with Crippen molar-refractivity contribution in [2.24, 2.45) is 11.7 Å². The van der Waals surface area contributed by atoms with E-state index in [0.29, 0.717) is 12.1 Å². The van der Waals surface area contributed by atoms with Gasteiger partial charge in [0.25, 0.3) is 0 Å². The molecule has 2 aliphatic heterocycles. The molecule has 0 aliphatic carbocycles. The summed E-state index contributed by atoms with van der Waals surface area (Å²) in [5.74, 6) is 0.847. The fourth-order valence-electron chi connectivity index (χ4n) is 2.97. The third kappa shape index (κ3) is 2.71. The molecule has 15 heavy (non-hydrogen) atoms. The second kappa shape index (κ2) is 5.28. The molecular weight excluding hydrogens is 188 g/mol. The summed E-state index contributed by atoms with van der Waals surface area (Å²) in [6.07, 6.45) is 5.11. The molecule has 2 saturated heterocycles. The second-order valence-corrected chi connectivity index (χ2v) is 5.13. The van der Waals surface area contributed by atoms with E-state index in [2.05, 4.69) is 11.8 Å². The highest BCUT2D eigenvalue weighted by molar-refractivity contribution is 4.86. The van der Waals surface area contributed by atoms with Gasteiger partial charge in [0.2, 0.25) is 0 Å². The van der Waals surface area contributed by atoms with Crippen molar-refractivity contribution >= 4 is 0 Å². The quantitative estimate of drug-likeness (QED) is 0.748. The van der Waals surface area contributed by atoms with Crippen molar-refractivity contribution in [3.63, 3.8) is 0 Å². The minimum atomic E-state index is 0.598. The number of hydrogen-bond acceptors (Lipinski definition) is 3. The van der Waals surface area contributed by atoms with Crippen LogP contribution in [0.2, 0.25) is 0 Å². The van der Waals surface area contributed by atoms with Gasteiger partial charge >= 0.3 is 0 Å². The van der Waals surface area contributed by atoms with E-state index in [-0.39, 0.29) is 0 Å². The van der Waals surface area contributed by atoms with Crippen LogP contribution in [0.25, 0.3) is 0 Å². The van der Waals surface area contributed by atoms with Crippen molar-refractivity contribution in [3.8, 4) is 0 Å². The molecule has 0 aromatic rings. The van der Waals surface area contributed by atoms with E-state index in [4.69, 9.17) is 10.5 Å². The van der Waals surface area contributed by atoms with Crippen molar-refractivity contribution in [3.05, 3.63) is 0 Å². The minimum absolute atomic E-state index is 0.598. The SMILES string of the molecule is CC1CCN(C2CCCOC2)C(CN)C1. The molecule has 0 bridgehead atoms. The molecule has 2 heterocycles. The molecule has 2 rings (SSSR count). The largest absolute Gasteiger partial charge is 0.380 e. The lowest BCUT2D eigenvalue weighted by atomic mass is 9.90. The maximum absolute atomic E-state index is 5.88. The monoisotopic (exact) mass is 212 g/mol. The molecule has 3 atom stereocenters. The molecule has 88 valence electrons. The van der Waals surface area contributed by atoms with Gasteiger partial charge in [-0.15, -0.1) is 0 Å². The van der Waals surface area contributed by atoms with Crippen LogP contribution < -0.4 is 5.73 Å². The summed E-state index contributed by atoms with van der Waals surface area (Å²) in [5.41, 5.74) is 5.88. The fourth-order valence-corrected chi connectivity index (χ4v) is 2.97. The summed E-state index contributed by atoms with van der Waals surface area (Å²) in [5, 5.41) is 0. The van der Waals surface area contributed by atoms with E-state index in [0.717, 1.165) is 25.7 Å². The maximum atomic E-state index is 5.88. The van der Waals surface area contributed by atoms with Gasteiger partial charge in [0.15, 0.2) is 0 Å². The number of piperidine rings is 1. The molecule has 3 nitrogen and oxygen atoms in total. The van der Waals surface area contributed by atoms with Crippen molar-refractivity contribution in [2.45, 2.75) is 44.7 Å². The van der Waals surface area contributed by atoms with Gasteiger partial charge in [-0.2, -0.15) is 0 Å². The van der Waals surface area contributed by atoms with Gasteiger partial charge in [-0.25, -0.2) is 0 Å². The second-order valence-electron chi connectivity index (χ2n) is 5.13. The number of nitrogens with zero attached hydrogens (tertiary/aromatic N) is 1. The van der Waals surface area contributed by atoms with Crippen molar-refractivity contribution in [1.82, 2.24) is 4.90 Å². The first-order valence-corrected chi connectivity index (χ1v) is 6.35. The average molecular weight is 212 g/mol. The van der Waals surface area contributed by atoms with E-state index in [1.807, 2.05) is 0 Å². The normalized spacial score (nSPS) is 39.2. The lowest BCUT2D eigenvalue weighted by molar-refractivity contribution is -0.0166. The van der Waals surface area contributed by atoms with Gasteiger partial charge in [-0.1, -0.05) is 6.92 Å². The Kier molecular flexibility index (Phi) is 4.00. The maximum Gasteiger partial charge on any atom is 0.0621 e. The van der Waals surface area contributed by atoms with Gasteiger partial charge in [-0.3, -0.25) is 4.90 Å². The number of rotatable bonds is 2. The number of likely N-dealkylation sites (tertiary alicyclic amines) is 1. The number of hydrogen-bond donors (Lipinski definition) is 1. The zero-order valence-corrected chi connectivity index (χ0v) is 9.82. The van der Waals surface area contributed by atoms with Crippen molar-refractivity contribution < 1.29 is 4.74 Å². The number of ether oxygens (including phenoxy) is 1. The third-order valence-corrected chi connectivity index (χ3v) is 3.90. The van der Waals surface area contributed by atoms with Crippen LogP contribution >= 0.6 is 0 Å². The Morgan fingerprint density at radius 2 is 2.27 bits per heavy atom. The smallest absolute Gasteiger partial charge is 0.0621 e. The van der Waals surface area contributed by atoms with Crippen LogP contribution in [0.15, 0.2) is 0 Å². The van der Waals surface area contributed by atoms with Crippen LogP contribution in [0.3, 0.4) is 0 Å². The molecule has 2 fully saturated rings. The molecule has 3 heteroatoms. The zero-order chi connectivity index (χ0) is 10.7. The summed E-state index contributed by atoms with van der Waals surface area (Å²) in [6, 6.07) is 1.24.